The van der Waals surface area contributed by atoms with Crippen molar-refractivity contribution in [1.82, 2.24) is 5.32 Å². The first kappa shape index (κ1) is 54.7. The second-order valence-corrected chi connectivity index (χ2v) is 18.6. The van der Waals surface area contributed by atoms with Crippen LogP contribution in [0.1, 0.15) is 206 Å². The molecule has 0 aliphatic carbocycles. The first-order valence-electron chi connectivity index (χ1n) is 23.4. The normalized spacial score (nSPS) is 14.6. The zero-order valence-electron chi connectivity index (χ0n) is 37.4. The number of nitrogens with one attached hydrogen (secondary N) is 1. The number of hydrogen-bond donors (Lipinski definition) is 3. The summed E-state index contributed by atoms with van der Waals surface area (Å²) in [5.41, 5.74) is 0. The molecule has 0 fully saturated rings. The van der Waals surface area contributed by atoms with Crippen molar-refractivity contribution in [1.29, 1.82) is 0 Å². The van der Waals surface area contributed by atoms with Crippen molar-refractivity contribution in [2.24, 2.45) is 0 Å². The van der Waals surface area contributed by atoms with E-state index in [1.165, 1.54) is 141 Å². The highest BCUT2D eigenvalue weighted by Gasteiger charge is 2.27. The van der Waals surface area contributed by atoms with E-state index >= 15 is 0 Å². The van der Waals surface area contributed by atoms with E-state index in [1.54, 1.807) is 6.08 Å². The Morgan fingerprint density at radius 1 is 0.607 bits per heavy atom. The molecule has 0 heterocycles. The molecule has 9 heteroatoms. The Morgan fingerprint density at radius 2 is 1.02 bits per heavy atom. The molecule has 0 aliphatic heterocycles. The molecule has 0 aliphatic rings. The fraction of sp³-hybridized carbons (Fsp3) is 0.851. The Hall–Kier alpha value is -1.28. The maximum Gasteiger partial charge on any atom is 0.472 e. The Bertz CT molecular complexity index is 1010. The number of aliphatic hydroxyl groups excluding tert-OH is 1. The molecule has 0 aromatic heterocycles. The first-order chi connectivity index (χ1) is 27.0. The summed E-state index contributed by atoms with van der Waals surface area (Å²) in [5.74, 6) is -0.182. The fourth-order valence-corrected chi connectivity index (χ4v) is 7.34. The number of carbonyl (C=O) groups is 1. The van der Waals surface area contributed by atoms with Crippen molar-refractivity contribution in [3.63, 3.8) is 0 Å². The van der Waals surface area contributed by atoms with E-state index in [0.717, 1.165) is 44.9 Å². The lowest BCUT2D eigenvalue weighted by Crippen LogP contribution is -2.45. The molecule has 3 atom stereocenters. The molecule has 0 aromatic carbocycles. The minimum absolute atomic E-state index is 0.0605. The van der Waals surface area contributed by atoms with Crippen LogP contribution >= 0.6 is 7.82 Å². The van der Waals surface area contributed by atoms with E-state index in [0.29, 0.717) is 17.4 Å². The summed E-state index contributed by atoms with van der Waals surface area (Å²) in [5, 5.41) is 13.8. The summed E-state index contributed by atoms with van der Waals surface area (Å²) in [7, 11) is 1.57. The predicted octanol–water partition coefficient (Wildman–Crippen LogP) is 13.1. The van der Waals surface area contributed by atoms with Crippen molar-refractivity contribution in [2.75, 3.05) is 40.9 Å². The van der Waals surface area contributed by atoms with Crippen molar-refractivity contribution in [3.05, 3.63) is 36.5 Å². The quantitative estimate of drug-likeness (QED) is 0.0245. The van der Waals surface area contributed by atoms with Crippen LogP contribution in [0.25, 0.3) is 0 Å². The van der Waals surface area contributed by atoms with Crippen LogP contribution in [0, 0.1) is 0 Å². The van der Waals surface area contributed by atoms with Crippen LogP contribution in [0.4, 0.5) is 0 Å². The molecular formula is C47H92N2O6P+. The van der Waals surface area contributed by atoms with E-state index in [4.69, 9.17) is 9.05 Å². The maximum atomic E-state index is 12.9. The topological polar surface area (TPSA) is 105 Å². The number of aliphatic hydroxyl groups is 1. The lowest BCUT2D eigenvalue weighted by Gasteiger charge is -2.25. The van der Waals surface area contributed by atoms with Gasteiger partial charge in [0.15, 0.2) is 0 Å². The number of hydrogen-bond acceptors (Lipinski definition) is 5. The molecule has 3 N–H and O–H groups in total. The van der Waals surface area contributed by atoms with E-state index < -0.39 is 20.0 Å². The molecule has 330 valence electrons. The molecule has 56 heavy (non-hydrogen) atoms. The summed E-state index contributed by atoms with van der Waals surface area (Å²) >= 11 is 0. The summed E-state index contributed by atoms with van der Waals surface area (Å²) in [6, 6.07) is -0.846. The van der Waals surface area contributed by atoms with Crippen LogP contribution in [0.15, 0.2) is 36.5 Å². The SMILES string of the molecule is CCCCCCC/C=C\C/C=C\CCCCCCCCCCCC(=O)NC(COP(=O)(O)OCC[N+](C)(C)C)C(O)/C=C/CCCCCCCCCCCCC. The van der Waals surface area contributed by atoms with Crippen LogP contribution in [0.3, 0.4) is 0 Å². The van der Waals surface area contributed by atoms with Gasteiger partial charge in [-0.15, -0.1) is 0 Å². The number of likely N-dealkylation sites (N-methyl/N-ethyl adjacent to an activating group) is 1. The summed E-state index contributed by atoms with van der Waals surface area (Å²) in [6.07, 6.45) is 47.8. The van der Waals surface area contributed by atoms with Gasteiger partial charge in [0.2, 0.25) is 5.91 Å². The Labute approximate surface area is 347 Å². The average Bonchev–Trinajstić information content (AvgIpc) is 3.15. The zero-order chi connectivity index (χ0) is 41.4. The minimum Gasteiger partial charge on any atom is -0.387 e. The van der Waals surface area contributed by atoms with Gasteiger partial charge in [0.1, 0.15) is 13.2 Å². The van der Waals surface area contributed by atoms with E-state index in [1.807, 2.05) is 27.2 Å². The lowest BCUT2D eigenvalue weighted by atomic mass is 10.0. The summed E-state index contributed by atoms with van der Waals surface area (Å²) in [4.78, 5) is 23.1. The predicted molar refractivity (Wildman–Crippen MR) is 240 cm³/mol. The number of unbranched alkanes of at least 4 members (excludes halogenated alkanes) is 25. The minimum atomic E-state index is -4.34. The smallest absolute Gasteiger partial charge is 0.387 e. The molecular weight excluding hydrogens is 719 g/mol. The van der Waals surface area contributed by atoms with Gasteiger partial charge in [-0.1, -0.05) is 185 Å². The summed E-state index contributed by atoms with van der Waals surface area (Å²) < 4.78 is 23.6. The van der Waals surface area contributed by atoms with E-state index in [-0.39, 0.29) is 19.1 Å². The van der Waals surface area contributed by atoms with Gasteiger partial charge in [0.25, 0.3) is 0 Å². The third kappa shape index (κ3) is 40.9. The van der Waals surface area contributed by atoms with Gasteiger partial charge >= 0.3 is 7.82 Å². The highest BCUT2D eigenvalue weighted by atomic mass is 31.2. The third-order valence-electron chi connectivity index (χ3n) is 10.4. The van der Waals surface area contributed by atoms with E-state index in [2.05, 4.69) is 43.5 Å². The lowest BCUT2D eigenvalue weighted by molar-refractivity contribution is -0.870. The molecule has 0 saturated carbocycles. The van der Waals surface area contributed by atoms with Crippen LogP contribution < -0.4 is 5.32 Å². The second kappa shape index (κ2) is 39.2. The maximum absolute atomic E-state index is 12.9. The van der Waals surface area contributed by atoms with Crippen molar-refractivity contribution < 1.29 is 32.9 Å². The highest BCUT2D eigenvalue weighted by molar-refractivity contribution is 7.47. The van der Waals surface area contributed by atoms with Gasteiger partial charge in [0, 0.05) is 6.42 Å². The average molecular weight is 812 g/mol. The Balaban J connectivity index is 4.34. The molecule has 0 saturated heterocycles. The second-order valence-electron chi connectivity index (χ2n) is 17.1. The number of phosphoric ester groups is 1. The largest absolute Gasteiger partial charge is 0.472 e. The monoisotopic (exact) mass is 812 g/mol. The highest BCUT2D eigenvalue weighted by Crippen LogP contribution is 2.43. The number of quaternary nitrogens is 1. The van der Waals surface area contributed by atoms with Crippen LogP contribution in [0.2, 0.25) is 0 Å². The zero-order valence-corrected chi connectivity index (χ0v) is 38.3. The van der Waals surface area contributed by atoms with Crippen molar-refractivity contribution in [2.45, 2.75) is 219 Å². The molecule has 0 bridgehead atoms. The fourth-order valence-electron chi connectivity index (χ4n) is 6.60. The van der Waals surface area contributed by atoms with Gasteiger partial charge in [-0.2, -0.15) is 0 Å². The van der Waals surface area contributed by atoms with Gasteiger partial charge < -0.3 is 19.8 Å². The van der Waals surface area contributed by atoms with Crippen molar-refractivity contribution >= 4 is 13.7 Å². The van der Waals surface area contributed by atoms with Crippen LogP contribution in [0.5, 0.6) is 0 Å². The first-order valence-corrected chi connectivity index (χ1v) is 24.9. The van der Waals surface area contributed by atoms with Crippen molar-refractivity contribution in [3.8, 4) is 0 Å². The van der Waals surface area contributed by atoms with Gasteiger partial charge in [-0.05, 0) is 51.4 Å². The molecule has 8 nitrogen and oxygen atoms in total. The molecule has 0 rings (SSSR count). The van der Waals surface area contributed by atoms with Gasteiger partial charge in [-0.3, -0.25) is 13.8 Å². The Morgan fingerprint density at radius 3 is 1.46 bits per heavy atom. The molecule has 0 spiro atoms. The summed E-state index contributed by atoms with van der Waals surface area (Å²) in [6.45, 7) is 4.80. The van der Waals surface area contributed by atoms with Crippen LogP contribution in [-0.4, -0.2) is 73.4 Å². The van der Waals surface area contributed by atoms with Crippen LogP contribution in [-0.2, 0) is 18.4 Å². The molecule has 0 aromatic rings. The molecule has 1 amide bonds. The number of rotatable bonds is 42. The molecule has 3 unspecified atom stereocenters. The van der Waals surface area contributed by atoms with Gasteiger partial charge in [-0.25, -0.2) is 4.57 Å². The molecule has 0 radical (unpaired) electrons. The Kier molecular flexibility index (Phi) is 38.3. The number of phosphoric acid groups is 1. The number of allylic oxidation sites excluding steroid dienone is 5. The standard InChI is InChI=1S/C47H91N2O6P/c1-6-8-10-12-14-16-18-20-21-22-23-24-25-26-27-29-31-33-35-37-39-41-47(51)48-45(44-55-56(52,53)54-43-42-49(3,4)5)46(50)40-38-36-34-32-30-28-19-17-15-13-11-9-7-2/h18,20,22-23,38,40,45-46,50H,6-17,19,21,24-37,39,41-44H2,1-5H3,(H-,48,51,52,53)/p+1/b20-18-,23-22-,40-38+. The van der Waals surface area contributed by atoms with E-state index in [9.17, 15) is 19.4 Å². The number of amides is 1. The third-order valence-corrected chi connectivity index (χ3v) is 11.3. The number of nitrogens with zero attached hydrogens (tertiary/aromatic N) is 1. The number of carbonyl (C=O) groups excluding carboxylic acids is 1. The van der Waals surface area contributed by atoms with Gasteiger partial charge in [0.05, 0.1) is 39.9 Å².